The molecule has 0 amide bonds. The molecule has 2 heterocycles. The first kappa shape index (κ1) is 13.0. The minimum absolute atomic E-state index is 0.395. The van der Waals surface area contributed by atoms with E-state index in [1.165, 1.54) is 6.39 Å². The normalized spacial score (nSPS) is 10.3. The topological polar surface area (TPSA) is 115 Å². The second kappa shape index (κ2) is 5.97. The largest absolute Gasteiger partial charge is 0.362 e. The van der Waals surface area contributed by atoms with Crippen LogP contribution in [0.25, 0.3) is 11.4 Å². The van der Waals surface area contributed by atoms with Gasteiger partial charge in [0.25, 0.3) is 0 Å². The fourth-order valence-electron chi connectivity index (χ4n) is 1.77. The quantitative estimate of drug-likeness (QED) is 0.476. The van der Waals surface area contributed by atoms with E-state index in [4.69, 9.17) is 5.84 Å². The van der Waals surface area contributed by atoms with Gasteiger partial charge in [0.05, 0.1) is 6.54 Å². The van der Waals surface area contributed by atoms with Crippen LogP contribution in [0.3, 0.4) is 0 Å². The van der Waals surface area contributed by atoms with Crippen LogP contribution in [0.2, 0.25) is 0 Å². The number of nitrogens with zero attached hydrogens (tertiary/aromatic N) is 4. The third-order valence-electron chi connectivity index (χ3n) is 2.74. The Labute approximate surface area is 120 Å². The molecule has 0 saturated carbocycles. The number of aromatic nitrogens is 4. The maximum Gasteiger partial charge on any atom is 0.213 e. The summed E-state index contributed by atoms with van der Waals surface area (Å²) in [5.41, 5.74) is 3.43. The lowest BCUT2D eigenvalue weighted by Gasteiger charge is -2.08. The number of nitrogens with two attached hydrogens (primary N) is 1. The van der Waals surface area contributed by atoms with Crippen LogP contribution >= 0.6 is 0 Å². The second-order valence-corrected chi connectivity index (χ2v) is 4.17. The minimum Gasteiger partial charge on any atom is -0.362 e. The maximum atomic E-state index is 5.45. The van der Waals surface area contributed by atoms with Crippen LogP contribution in [0.15, 0.2) is 47.3 Å². The Morgan fingerprint density at radius 1 is 1.10 bits per heavy atom. The average Bonchev–Trinajstić information content (AvgIpc) is 3.07. The maximum absolute atomic E-state index is 5.45. The Kier molecular flexibility index (Phi) is 3.70. The molecule has 21 heavy (non-hydrogen) atoms. The molecule has 8 nitrogen and oxygen atoms in total. The predicted molar refractivity (Wildman–Crippen MR) is 76.9 cm³/mol. The van der Waals surface area contributed by atoms with E-state index >= 15 is 0 Å². The highest BCUT2D eigenvalue weighted by atomic mass is 16.5. The standard InChI is InChI=1S/C13H13N7O/c14-19-11-6-10(15-7-12-16-8-21-20-12)17-13(18-11)9-4-2-1-3-5-9/h1-6,8H,7,14H2,(H2,15,17,18,19). The van der Waals surface area contributed by atoms with Crippen molar-refractivity contribution in [3.05, 3.63) is 48.6 Å². The molecule has 0 atom stereocenters. The van der Waals surface area contributed by atoms with Gasteiger partial charge in [-0.2, -0.15) is 4.98 Å². The number of nitrogen functional groups attached to an aromatic ring is 1. The van der Waals surface area contributed by atoms with Gasteiger partial charge >= 0.3 is 0 Å². The molecule has 0 saturated heterocycles. The van der Waals surface area contributed by atoms with Crippen molar-refractivity contribution in [1.29, 1.82) is 0 Å². The Hall–Kier alpha value is -3.00. The first-order chi connectivity index (χ1) is 10.3. The Balaban J connectivity index is 1.86. The van der Waals surface area contributed by atoms with Crippen LogP contribution in [-0.4, -0.2) is 20.1 Å². The van der Waals surface area contributed by atoms with Crippen molar-refractivity contribution in [2.45, 2.75) is 6.54 Å². The van der Waals surface area contributed by atoms with E-state index < -0.39 is 0 Å². The van der Waals surface area contributed by atoms with Crippen LogP contribution in [0.5, 0.6) is 0 Å². The molecule has 0 bridgehead atoms. The van der Waals surface area contributed by atoms with E-state index in [-0.39, 0.29) is 0 Å². The SMILES string of the molecule is NNc1cc(NCc2ncon2)nc(-c2ccccc2)n1. The van der Waals surface area contributed by atoms with Gasteiger partial charge < -0.3 is 15.3 Å². The van der Waals surface area contributed by atoms with Gasteiger partial charge in [-0.1, -0.05) is 35.5 Å². The number of rotatable bonds is 5. The first-order valence-corrected chi connectivity index (χ1v) is 6.25. The summed E-state index contributed by atoms with van der Waals surface area (Å²) >= 11 is 0. The van der Waals surface area contributed by atoms with Gasteiger partial charge in [0, 0.05) is 11.6 Å². The Bertz CT molecular complexity index is 700. The molecule has 3 rings (SSSR count). The highest BCUT2D eigenvalue weighted by Gasteiger charge is 2.07. The van der Waals surface area contributed by atoms with Gasteiger partial charge in [-0.05, 0) is 0 Å². The molecule has 0 fully saturated rings. The van der Waals surface area contributed by atoms with E-state index in [1.54, 1.807) is 6.07 Å². The average molecular weight is 283 g/mol. The number of hydrazine groups is 1. The van der Waals surface area contributed by atoms with Crippen molar-refractivity contribution >= 4 is 11.6 Å². The molecule has 1 aromatic carbocycles. The molecular weight excluding hydrogens is 270 g/mol. The zero-order valence-corrected chi connectivity index (χ0v) is 11.0. The molecule has 3 aromatic rings. The molecule has 0 unspecified atom stereocenters. The van der Waals surface area contributed by atoms with E-state index in [0.29, 0.717) is 29.8 Å². The third kappa shape index (κ3) is 3.12. The zero-order valence-electron chi connectivity index (χ0n) is 11.0. The van der Waals surface area contributed by atoms with Gasteiger partial charge in [0.15, 0.2) is 11.6 Å². The van der Waals surface area contributed by atoms with Crippen LogP contribution in [0.1, 0.15) is 5.82 Å². The number of hydrogen-bond acceptors (Lipinski definition) is 8. The summed E-state index contributed by atoms with van der Waals surface area (Å²) < 4.78 is 4.67. The van der Waals surface area contributed by atoms with E-state index in [9.17, 15) is 0 Å². The summed E-state index contributed by atoms with van der Waals surface area (Å²) in [4.78, 5) is 12.7. The summed E-state index contributed by atoms with van der Waals surface area (Å²) in [6.07, 6.45) is 1.28. The van der Waals surface area contributed by atoms with Crippen LogP contribution in [-0.2, 0) is 6.54 Å². The second-order valence-electron chi connectivity index (χ2n) is 4.17. The zero-order chi connectivity index (χ0) is 14.5. The summed E-state index contributed by atoms with van der Waals surface area (Å²) in [7, 11) is 0. The van der Waals surface area contributed by atoms with Gasteiger partial charge in [0.2, 0.25) is 6.39 Å². The van der Waals surface area contributed by atoms with Crippen molar-refractivity contribution < 1.29 is 4.52 Å². The molecule has 0 radical (unpaired) electrons. The highest BCUT2D eigenvalue weighted by molar-refractivity contribution is 5.60. The molecule has 4 N–H and O–H groups in total. The van der Waals surface area contributed by atoms with Gasteiger partial charge in [-0.15, -0.1) is 0 Å². The monoisotopic (exact) mass is 283 g/mol. The molecule has 0 spiro atoms. The number of anilines is 2. The minimum atomic E-state index is 0.395. The number of benzene rings is 1. The lowest BCUT2D eigenvalue weighted by Crippen LogP contribution is -2.11. The molecule has 0 aliphatic heterocycles. The van der Waals surface area contributed by atoms with Gasteiger partial charge in [-0.25, -0.2) is 15.8 Å². The van der Waals surface area contributed by atoms with Crippen molar-refractivity contribution in [3.63, 3.8) is 0 Å². The van der Waals surface area contributed by atoms with E-state index in [1.807, 2.05) is 30.3 Å². The molecule has 0 aliphatic carbocycles. The van der Waals surface area contributed by atoms with Crippen molar-refractivity contribution in [1.82, 2.24) is 20.1 Å². The Morgan fingerprint density at radius 2 is 1.90 bits per heavy atom. The predicted octanol–water partition coefficient (Wildman–Crippen LogP) is 1.42. The molecular formula is C13H13N7O. The summed E-state index contributed by atoms with van der Waals surface area (Å²) in [6, 6.07) is 11.3. The smallest absolute Gasteiger partial charge is 0.213 e. The van der Waals surface area contributed by atoms with Gasteiger partial charge in [0.1, 0.15) is 11.6 Å². The number of nitrogens with one attached hydrogen (secondary N) is 2. The van der Waals surface area contributed by atoms with Gasteiger partial charge in [-0.3, -0.25) is 0 Å². The van der Waals surface area contributed by atoms with Crippen LogP contribution in [0, 0.1) is 0 Å². The molecule has 8 heteroatoms. The summed E-state index contributed by atoms with van der Waals surface area (Å²) in [5.74, 6) is 7.68. The van der Waals surface area contributed by atoms with E-state index in [2.05, 4.69) is 35.4 Å². The van der Waals surface area contributed by atoms with Crippen molar-refractivity contribution in [2.75, 3.05) is 10.7 Å². The molecule has 106 valence electrons. The Morgan fingerprint density at radius 3 is 2.62 bits per heavy atom. The highest BCUT2D eigenvalue weighted by Crippen LogP contribution is 2.19. The van der Waals surface area contributed by atoms with Crippen LogP contribution < -0.4 is 16.6 Å². The lowest BCUT2D eigenvalue weighted by molar-refractivity contribution is 0.411. The van der Waals surface area contributed by atoms with Crippen LogP contribution in [0.4, 0.5) is 11.6 Å². The fourth-order valence-corrected chi connectivity index (χ4v) is 1.77. The first-order valence-electron chi connectivity index (χ1n) is 6.25. The lowest BCUT2D eigenvalue weighted by atomic mass is 10.2. The molecule has 0 aliphatic rings. The van der Waals surface area contributed by atoms with E-state index in [0.717, 1.165) is 5.56 Å². The van der Waals surface area contributed by atoms with Crippen molar-refractivity contribution in [3.8, 4) is 11.4 Å². The molecule has 2 aromatic heterocycles. The summed E-state index contributed by atoms with van der Waals surface area (Å²) in [6.45, 7) is 0.395. The van der Waals surface area contributed by atoms with Crippen molar-refractivity contribution in [2.24, 2.45) is 5.84 Å². The third-order valence-corrected chi connectivity index (χ3v) is 2.74. The fraction of sp³-hybridized carbons (Fsp3) is 0.0769. The number of hydrogen-bond donors (Lipinski definition) is 3. The summed E-state index contributed by atoms with van der Waals surface area (Å²) in [5, 5.41) is 6.82.